The molecule has 1 heterocycles. The van der Waals surface area contributed by atoms with E-state index in [4.69, 9.17) is 4.74 Å². The number of nitrogens with zero attached hydrogens (tertiary/aromatic N) is 1. The summed E-state index contributed by atoms with van der Waals surface area (Å²) in [5.41, 5.74) is 0.270. The van der Waals surface area contributed by atoms with Gasteiger partial charge in [0.2, 0.25) is 0 Å². The summed E-state index contributed by atoms with van der Waals surface area (Å²) in [5.74, 6) is 0.490. The molecule has 0 radical (unpaired) electrons. The van der Waals surface area contributed by atoms with E-state index in [2.05, 4.69) is 4.98 Å². The van der Waals surface area contributed by atoms with Gasteiger partial charge in [-0.15, -0.1) is 0 Å². The topological polar surface area (TPSA) is 22.1 Å². The molecule has 5 heteroatoms. The van der Waals surface area contributed by atoms with Gasteiger partial charge in [0.05, 0.1) is 12.7 Å². The number of benzene rings is 1. The molecule has 1 aromatic carbocycles. The quantitative estimate of drug-likeness (QED) is 0.812. The van der Waals surface area contributed by atoms with Gasteiger partial charge < -0.3 is 4.74 Å². The van der Waals surface area contributed by atoms with Gasteiger partial charge in [-0.1, -0.05) is 12.1 Å². The van der Waals surface area contributed by atoms with Crippen molar-refractivity contribution < 1.29 is 17.9 Å². The number of aromatic nitrogens is 1. The molecule has 0 aliphatic heterocycles. The lowest BCUT2D eigenvalue weighted by Gasteiger charge is -2.11. The maximum atomic E-state index is 12.6. The molecule has 2 rings (SSSR count). The van der Waals surface area contributed by atoms with E-state index < -0.39 is 11.7 Å². The Kier molecular flexibility index (Phi) is 3.23. The highest BCUT2D eigenvalue weighted by Gasteiger charge is 2.30. The molecule has 0 bridgehead atoms. The maximum Gasteiger partial charge on any atom is 0.416 e. The number of ether oxygens (including phenoxy) is 1. The summed E-state index contributed by atoms with van der Waals surface area (Å²) in [6.07, 6.45) is -1.35. The Bertz CT molecular complexity index is 552. The number of hydrogen-bond donors (Lipinski definition) is 0. The molecule has 18 heavy (non-hydrogen) atoms. The Hall–Kier alpha value is -2.04. The average molecular weight is 253 g/mol. The molecule has 0 fully saturated rings. The Morgan fingerprint density at radius 1 is 1.17 bits per heavy atom. The smallest absolute Gasteiger partial charge is 0.416 e. The minimum atomic E-state index is -4.36. The fraction of sp³-hybridized carbons (Fsp3) is 0.154. The third-order valence-electron chi connectivity index (χ3n) is 2.50. The van der Waals surface area contributed by atoms with Crippen molar-refractivity contribution in [3.63, 3.8) is 0 Å². The average Bonchev–Trinajstić information content (AvgIpc) is 2.38. The van der Waals surface area contributed by atoms with E-state index in [1.807, 2.05) is 0 Å². The van der Waals surface area contributed by atoms with E-state index in [1.54, 1.807) is 12.1 Å². The summed E-state index contributed by atoms with van der Waals surface area (Å²) in [4.78, 5) is 3.90. The molecule has 1 aromatic heterocycles. The highest BCUT2D eigenvalue weighted by Crippen LogP contribution is 2.34. The third kappa shape index (κ3) is 2.45. The molecule has 0 saturated carbocycles. The van der Waals surface area contributed by atoms with Gasteiger partial charge in [-0.05, 0) is 23.8 Å². The minimum Gasteiger partial charge on any atom is -0.496 e. The fourth-order valence-corrected chi connectivity index (χ4v) is 1.64. The maximum absolute atomic E-state index is 12.6. The Morgan fingerprint density at radius 3 is 2.61 bits per heavy atom. The molecule has 0 N–H and O–H groups in total. The van der Waals surface area contributed by atoms with Crippen LogP contribution in [0.3, 0.4) is 0 Å². The predicted octanol–water partition coefficient (Wildman–Crippen LogP) is 3.78. The predicted molar refractivity (Wildman–Crippen MR) is 61.2 cm³/mol. The first-order valence-electron chi connectivity index (χ1n) is 5.18. The zero-order chi connectivity index (χ0) is 13.2. The van der Waals surface area contributed by atoms with E-state index in [9.17, 15) is 13.2 Å². The lowest BCUT2D eigenvalue weighted by Crippen LogP contribution is -2.04. The second-order valence-corrected chi connectivity index (χ2v) is 3.65. The number of rotatable bonds is 2. The van der Waals surface area contributed by atoms with Crippen LogP contribution in [0.15, 0.2) is 42.7 Å². The van der Waals surface area contributed by atoms with Gasteiger partial charge in [-0.3, -0.25) is 4.98 Å². The van der Waals surface area contributed by atoms with Crippen LogP contribution < -0.4 is 4.74 Å². The van der Waals surface area contributed by atoms with Gasteiger partial charge in [-0.25, -0.2) is 0 Å². The SMILES string of the molecule is COc1ccncc1-c1cccc(C(F)(F)F)c1. The van der Waals surface area contributed by atoms with Gasteiger partial charge in [0.25, 0.3) is 0 Å². The Morgan fingerprint density at radius 2 is 1.94 bits per heavy atom. The molecule has 0 amide bonds. The number of pyridine rings is 1. The van der Waals surface area contributed by atoms with E-state index in [0.29, 0.717) is 16.9 Å². The number of halogens is 3. The van der Waals surface area contributed by atoms with Gasteiger partial charge >= 0.3 is 6.18 Å². The van der Waals surface area contributed by atoms with Crippen molar-refractivity contribution >= 4 is 0 Å². The summed E-state index contributed by atoms with van der Waals surface area (Å²) < 4.78 is 43.0. The molecule has 2 aromatic rings. The summed E-state index contributed by atoms with van der Waals surface area (Å²) in [5, 5.41) is 0. The minimum absolute atomic E-state index is 0.426. The number of hydrogen-bond acceptors (Lipinski definition) is 2. The molecule has 0 aliphatic rings. The molecule has 0 aliphatic carbocycles. The standard InChI is InChI=1S/C13H10F3NO/c1-18-12-5-6-17-8-11(12)9-3-2-4-10(7-9)13(14,15)16/h2-8H,1H3. The molecule has 2 nitrogen and oxygen atoms in total. The van der Waals surface area contributed by atoms with E-state index in [0.717, 1.165) is 12.1 Å². The normalized spacial score (nSPS) is 11.3. The lowest BCUT2D eigenvalue weighted by molar-refractivity contribution is -0.137. The van der Waals surface area contributed by atoms with E-state index in [-0.39, 0.29) is 0 Å². The molecule has 94 valence electrons. The van der Waals surface area contributed by atoms with E-state index >= 15 is 0 Å². The summed E-state index contributed by atoms with van der Waals surface area (Å²) in [6, 6.07) is 6.68. The fourth-order valence-electron chi connectivity index (χ4n) is 1.64. The first-order valence-corrected chi connectivity index (χ1v) is 5.18. The molecule has 0 saturated heterocycles. The first-order chi connectivity index (χ1) is 8.52. The highest BCUT2D eigenvalue weighted by molar-refractivity contribution is 5.70. The van der Waals surface area contributed by atoms with Gasteiger partial charge in [0.1, 0.15) is 5.75 Å². The van der Waals surface area contributed by atoms with Crippen molar-refractivity contribution in [2.24, 2.45) is 0 Å². The van der Waals surface area contributed by atoms with Crippen LogP contribution in [0.25, 0.3) is 11.1 Å². The van der Waals surface area contributed by atoms with Gasteiger partial charge in [0.15, 0.2) is 0 Å². The van der Waals surface area contributed by atoms with Crippen molar-refractivity contribution in [1.82, 2.24) is 4.98 Å². The number of alkyl halides is 3. The van der Waals surface area contributed by atoms with E-state index in [1.165, 1.54) is 25.6 Å². The Balaban J connectivity index is 2.51. The molecular weight excluding hydrogens is 243 g/mol. The van der Waals surface area contributed by atoms with Crippen LogP contribution >= 0.6 is 0 Å². The first kappa shape index (κ1) is 12.4. The summed E-state index contributed by atoms with van der Waals surface area (Å²) >= 11 is 0. The van der Waals surface area contributed by atoms with Crippen LogP contribution in [0.1, 0.15) is 5.56 Å². The van der Waals surface area contributed by atoms with Crippen molar-refractivity contribution in [3.8, 4) is 16.9 Å². The van der Waals surface area contributed by atoms with Crippen LogP contribution in [-0.4, -0.2) is 12.1 Å². The molecular formula is C13H10F3NO. The van der Waals surface area contributed by atoms with Crippen molar-refractivity contribution in [3.05, 3.63) is 48.3 Å². The van der Waals surface area contributed by atoms with Crippen LogP contribution in [-0.2, 0) is 6.18 Å². The van der Waals surface area contributed by atoms with Gasteiger partial charge in [0, 0.05) is 18.0 Å². The monoisotopic (exact) mass is 253 g/mol. The second kappa shape index (κ2) is 4.68. The Labute approximate surface area is 102 Å². The third-order valence-corrected chi connectivity index (χ3v) is 2.50. The van der Waals surface area contributed by atoms with Crippen LogP contribution in [0.5, 0.6) is 5.75 Å². The second-order valence-electron chi connectivity index (χ2n) is 3.65. The highest BCUT2D eigenvalue weighted by atomic mass is 19.4. The molecule has 0 unspecified atom stereocenters. The van der Waals surface area contributed by atoms with Crippen molar-refractivity contribution in [2.45, 2.75) is 6.18 Å². The molecule has 0 spiro atoms. The zero-order valence-corrected chi connectivity index (χ0v) is 9.53. The van der Waals surface area contributed by atoms with Crippen molar-refractivity contribution in [2.75, 3.05) is 7.11 Å². The molecule has 0 atom stereocenters. The van der Waals surface area contributed by atoms with Crippen molar-refractivity contribution in [1.29, 1.82) is 0 Å². The van der Waals surface area contributed by atoms with Crippen LogP contribution in [0.2, 0.25) is 0 Å². The number of methoxy groups -OCH3 is 1. The largest absolute Gasteiger partial charge is 0.496 e. The lowest BCUT2D eigenvalue weighted by atomic mass is 10.0. The summed E-state index contributed by atoms with van der Waals surface area (Å²) in [6.45, 7) is 0. The van der Waals surface area contributed by atoms with Crippen LogP contribution in [0.4, 0.5) is 13.2 Å². The summed E-state index contributed by atoms with van der Waals surface area (Å²) in [7, 11) is 1.46. The zero-order valence-electron chi connectivity index (χ0n) is 9.53. The van der Waals surface area contributed by atoms with Gasteiger partial charge in [-0.2, -0.15) is 13.2 Å². The van der Waals surface area contributed by atoms with Crippen LogP contribution in [0, 0.1) is 0 Å².